The van der Waals surface area contributed by atoms with E-state index in [1.165, 1.54) is 57.3 Å². The second-order valence-electron chi connectivity index (χ2n) is 5.95. The third kappa shape index (κ3) is 4.34. The van der Waals surface area contributed by atoms with Gasteiger partial charge in [0.15, 0.2) is 0 Å². The van der Waals surface area contributed by atoms with Crippen LogP contribution < -0.4 is 5.32 Å². The number of nitrogens with one attached hydrogen (secondary N) is 1. The van der Waals surface area contributed by atoms with Gasteiger partial charge >= 0.3 is 0 Å². The molecule has 3 nitrogen and oxygen atoms in total. The lowest BCUT2D eigenvalue weighted by atomic mass is 9.93. The molecule has 1 saturated carbocycles. The summed E-state index contributed by atoms with van der Waals surface area (Å²) in [7, 11) is 2.09. The monoisotopic (exact) mass is 263 g/mol. The lowest BCUT2D eigenvalue weighted by molar-refractivity contribution is 0.333. The first-order valence-corrected chi connectivity index (χ1v) is 8.01. The van der Waals surface area contributed by atoms with Crippen LogP contribution in [0, 0.1) is 5.92 Å². The Kier molecular flexibility index (Phi) is 5.90. The number of hydrogen-bond acceptors (Lipinski definition) is 2. The molecular formula is C16H29N3. The molecule has 0 aromatic carbocycles. The van der Waals surface area contributed by atoms with Crippen molar-refractivity contribution in [2.75, 3.05) is 6.54 Å². The van der Waals surface area contributed by atoms with Crippen molar-refractivity contribution < 1.29 is 0 Å². The van der Waals surface area contributed by atoms with Crippen molar-refractivity contribution in [1.82, 2.24) is 14.9 Å². The molecule has 1 fully saturated rings. The molecule has 0 radical (unpaired) electrons. The zero-order valence-electron chi connectivity index (χ0n) is 12.6. The minimum absolute atomic E-state index is 0.739. The molecule has 0 spiro atoms. The van der Waals surface area contributed by atoms with Gasteiger partial charge in [0.25, 0.3) is 0 Å². The van der Waals surface area contributed by atoms with E-state index < -0.39 is 0 Å². The van der Waals surface area contributed by atoms with E-state index in [-0.39, 0.29) is 0 Å². The lowest BCUT2D eigenvalue weighted by Crippen LogP contribution is -2.35. The summed E-state index contributed by atoms with van der Waals surface area (Å²) < 4.78 is 2.14. The molecule has 1 aromatic heterocycles. The Balaban J connectivity index is 1.77. The molecule has 0 aliphatic heterocycles. The summed E-state index contributed by atoms with van der Waals surface area (Å²) in [5, 5.41) is 3.78. The molecule has 1 heterocycles. The number of aromatic nitrogens is 2. The normalized spacial score (nSPS) is 18.0. The van der Waals surface area contributed by atoms with Crippen LogP contribution in [0.1, 0.15) is 57.7 Å². The third-order valence-corrected chi connectivity index (χ3v) is 4.46. The number of rotatable bonds is 8. The van der Waals surface area contributed by atoms with E-state index in [2.05, 4.69) is 28.8 Å². The van der Waals surface area contributed by atoms with Gasteiger partial charge < -0.3 is 9.88 Å². The van der Waals surface area contributed by atoms with E-state index in [9.17, 15) is 0 Å². The smallest absolute Gasteiger partial charge is 0.108 e. The largest absolute Gasteiger partial charge is 0.338 e. The van der Waals surface area contributed by atoms with E-state index in [0.29, 0.717) is 0 Å². The van der Waals surface area contributed by atoms with Crippen LogP contribution in [0.2, 0.25) is 0 Å². The predicted octanol–water partition coefficient (Wildman–Crippen LogP) is 3.30. The molecule has 1 N–H and O–H groups in total. The van der Waals surface area contributed by atoms with Crippen molar-refractivity contribution >= 4 is 0 Å². The maximum atomic E-state index is 4.41. The first-order valence-electron chi connectivity index (χ1n) is 8.01. The number of nitrogens with zero attached hydrogens (tertiary/aromatic N) is 2. The maximum absolute atomic E-state index is 4.41. The van der Waals surface area contributed by atoms with Gasteiger partial charge in [-0.2, -0.15) is 0 Å². The van der Waals surface area contributed by atoms with Gasteiger partial charge in [-0.3, -0.25) is 0 Å². The molecule has 0 saturated heterocycles. The second kappa shape index (κ2) is 7.68. The van der Waals surface area contributed by atoms with E-state index in [4.69, 9.17) is 0 Å². The predicted molar refractivity (Wildman–Crippen MR) is 80.2 cm³/mol. The fourth-order valence-electron chi connectivity index (χ4n) is 3.31. The van der Waals surface area contributed by atoms with Crippen LogP contribution >= 0.6 is 0 Å². The van der Waals surface area contributed by atoms with Crippen molar-refractivity contribution in [3.8, 4) is 0 Å². The van der Waals surface area contributed by atoms with Crippen LogP contribution in [0.5, 0.6) is 0 Å². The van der Waals surface area contributed by atoms with Gasteiger partial charge in [-0.25, -0.2) is 4.98 Å². The fourth-order valence-corrected chi connectivity index (χ4v) is 3.31. The summed E-state index contributed by atoms with van der Waals surface area (Å²) in [6, 6.07) is 0.739. The van der Waals surface area contributed by atoms with Gasteiger partial charge in [0.2, 0.25) is 0 Å². The highest BCUT2D eigenvalue weighted by atomic mass is 15.0. The van der Waals surface area contributed by atoms with Crippen LogP contribution in [0.25, 0.3) is 0 Å². The molecule has 1 aromatic rings. The number of aryl methyl sites for hydroxylation is 2. The highest BCUT2D eigenvalue weighted by molar-refractivity contribution is 4.91. The van der Waals surface area contributed by atoms with Crippen molar-refractivity contribution in [3.63, 3.8) is 0 Å². The molecule has 19 heavy (non-hydrogen) atoms. The van der Waals surface area contributed by atoms with Crippen molar-refractivity contribution in [1.29, 1.82) is 0 Å². The Morgan fingerprint density at radius 1 is 1.42 bits per heavy atom. The molecule has 1 aliphatic carbocycles. The van der Waals surface area contributed by atoms with Crippen molar-refractivity contribution in [3.05, 3.63) is 18.2 Å². The summed E-state index contributed by atoms with van der Waals surface area (Å²) in [6.45, 7) is 3.43. The third-order valence-electron chi connectivity index (χ3n) is 4.46. The van der Waals surface area contributed by atoms with Crippen LogP contribution in [0.4, 0.5) is 0 Å². The van der Waals surface area contributed by atoms with Gasteiger partial charge in [0, 0.05) is 31.9 Å². The van der Waals surface area contributed by atoms with Crippen LogP contribution in [0.3, 0.4) is 0 Å². The van der Waals surface area contributed by atoms with Gasteiger partial charge in [0.05, 0.1) is 0 Å². The van der Waals surface area contributed by atoms with Crippen LogP contribution in [0.15, 0.2) is 12.4 Å². The van der Waals surface area contributed by atoms with E-state index >= 15 is 0 Å². The molecule has 0 bridgehead atoms. The molecule has 1 unspecified atom stereocenters. The summed E-state index contributed by atoms with van der Waals surface area (Å²) in [5.74, 6) is 2.15. The molecule has 3 heteroatoms. The van der Waals surface area contributed by atoms with Gasteiger partial charge in [-0.05, 0) is 44.6 Å². The Labute approximate surface area is 117 Å². The zero-order chi connectivity index (χ0) is 13.5. The first-order chi connectivity index (χ1) is 9.31. The summed E-state index contributed by atoms with van der Waals surface area (Å²) in [5.41, 5.74) is 0. The fraction of sp³-hybridized carbons (Fsp3) is 0.812. The average Bonchev–Trinajstić information content (AvgIpc) is 3.06. The standard InChI is InChI=1S/C16H29N3/c1-3-11-17-15(14-7-4-5-8-14)9-6-10-16-18-12-13-19(16)2/h12-15,17H,3-11H2,1-2H3. The van der Waals surface area contributed by atoms with Gasteiger partial charge in [-0.1, -0.05) is 19.8 Å². The highest BCUT2D eigenvalue weighted by Crippen LogP contribution is 2.29. The van der Waals surface area contributed by atoms with Gasteiger partial charge in [0.1, 0.15) is 5.82 Å². The maximum Gasteiger partial charge on any atom is 0.108 e. The lowest BCUT2D eigenvalue weighted by Gasteiger charge is -2.24. The minimum atomic E-state index is 0.739. The Hall–Kier alpha value is -0.830. The summed E-state index contributed by atoms with van der Waals surface area (Å²) >= 11 is 0. The molecular weight excluding hydrogens is 234 g/mol. The topological polar surface area (TPSA) is 29.9 Å². The minimum Gasteiger partial charge on any atom is -0.338 e. The Morgan fingerprint density at radius 3 is 2.84 bits per heavy atom. The molecule has 1 atom stereocenters. The van der Waals surface area contributed by atoms with Crippen molar-refractivity contribution in [2.45, 2.75) is 64.3 Å². The second-order valence-corrected chi connectivity index (χ2v) is 5.95. The number of hydrogen-bond donors (Lipinski definition) is 1. The van der Waals surface area contributed by atoms with E-state index in [1.54, 1.807) is 0 Å². The van der Waals surface area contributed by atoms with E-state index in [0.717, 1.165) is 18.4 Å². The molecule has 2 rings (SSSR count). The quantitative estimate of drug-likeness (QED) is 0.780. The molecule has 108 valence electrons. The Morgan fingerprint density at radius 2 is 2.21 bits per heavy atom. The summed E-state index contributed by atoms with van der Waals surface area (Å²) in [6.07, 6.45) is 14.6. The van der Waals surface area contributed by atoms with Crippen molar-refractivity contribution in [2.24, 2.45) is 13.0 Å². The molecule has 1 aliphatic rings. The summed E-state index contributed by atoms with van der Waals surface area (Å²) in [4.78, 5) is 4.41. The van der Waals surface area contributed by atoms with E-state index in [1.807, 2.05) is 12.4 Å². The average molecular weight is 263 g/mol. The first kappa shape index (κ1) is 14.6. The molecule has 0 amide bonds. The SMILES string of the molecule is CCCNC(CCCc1nccn1C)C1CCCC1. The Bertz CT molecular complexity index is 353. The zero-order valence-corrected chi connectivity index (χ0v) is 12.6. The highest BCUT2D eigenvalue weighted by Gasteiger charge is 2.24. The number of imidazole rings is 1. The van der Waals surface area contributed by atoms with Crippen LogP contribution in [-0.2, 0) is 13.5 Å². The van der Waals surface area contributed by atoms with Gasteiger partial charge in [-0.15, -0.1) is 0 Å². The van der Waals surface area contributed by atoms with Crippen LogP contribution in [-0.4, -0.2) is 22.1 Å².